The van der Waals surface area contributed by atoms with Gasteiger partial charge in [-0.05, 0) is 187 Å². The van der Waals surface area contributed by atoms with Crippen LogP contribution in [0, 0.1) is 23.7 Å². The highest BCUT2D eigenvalue weighted by molar-refractivity contribution is 6.00. The molecule has 0 aliphatic heterocycles. The second kappa shape index (κ2) is 15.3. The molecule has 10 aromatic rings. The zero-order valence-electron chi connectivity index (χ0n) is 40.3. The molecule has 72 heavy (non-hydrogen) atoms. The van der Waals surface area contributed by atoms with Crippen molar-refractivity contribution in [1.82, 2.24) is 0 Å². The summed E-state index contributed by atoms with van der Waals surface area (Å²) in [6.07, 6.45) is 6.92. The predicted molar refractivity (Wildman–Crippen MR) is 297 cm³/mol. The van der Waals surface area contributed by atoms with Crippen LogP contribution in [0.25, 0.3) is 66.8 Å². The van der Waals surface area contributed by atoms with Crippen molar-refractivity contribution in [3.8, 4) is 66.8 Å². The minimum Gasteiger partial charge on any atom is -0.310 e. The van der Waals surface area contributed by atoms with Crippen molar-refractivity contribution in [2.75, 3.05) is 4.90 Å². The fourth-order valence-corrected chi connectivity index (χ4v) is 16.3. The summed E-state index contributed by atoms with van der Waals surface area (Å²) in [6, 6.07) is 90.2. The topological polar surface area (TPSA) is 3.24 Å². The molecule has 0 saturated heterocycles. The molecular formula is C71H53N. The first-order valence-corrected chi connectivity index (χ1v) is 26.5. The van der Waals surface area contributed by atoms with E-state index in [0.29, 0.717) is 11.8 Å². The molecule has 0 aromatic heterocycles. The highest BCUT2D eigenvalue weighted by Crippen LogP contribution is 2.71. The monoisotopic (exact) mass is 919 g/mol. The first kappa shape index (κ1) is 40.7. The van der Waals surface area contributed by atoms with Gasteiger partial charge < -0.3 is 4.90 Å². The molecule has 1 nitrogen and oxygen atoms in total. The van der Waals surface area contributed by atoms with Crippen LogP contribution in [0.2, 0.25) is 0 Å². The molecule has 17 rings (SSSR count). The van der Waals surface area contributed by atoms with Crippen LogP contribution in [0.4, 0.5) is 17.1 Å². The molecule has 7 aliphatic rings. The Morgan fingerprint density at radius 3 is 1.39 bits per heavy atom. The van der Waals surface area contributed by atoms with Gasteiger partial charge in [-0.25, -0.2) is 0 Å². The maximum absolute atomic E-state index is 2.62. The van der Waals surface area contributed by atoms with Gasteiger partial charge in [-0.2, -0.15) is 0 Å². The van der Waals surface area contributed by atoms with Crippen LogP contribution in [0.15, 0.2) is 237 Å². The minimum absolute atomic E-state index is 0.0684. The van der Waals surface area contributed by atoms with Crippen LogP contribution in [0.5, 0.6) is 0 Å². The third-order valence-electron chi connectivity index (χ3n) is 18.7. The van der Waals surface area contributed by atoms with E-state index >= 15 is 0 Å². The lowest BCUT2D eigenvalue weighted by Gasteiger charge is -2.61. The van der Waals surface area contributed by atoms with E-state index in [1.54, 1.807) is 11.1 Å². The lowest BCUT2D eigenvalue weighted by atomic mass is 9.43. The van der Waals surface area contributed by atoms with Gasteiger partial charge >= 0.3 is 0 Å². The molecule has 4 bridgehead atoms. The molecule has 342 valence electrons. The van der Waals surface area contributed by atoms with E-state index in [0.717, 1.165) is 11.8 Å². The van der Waals surface area contributed by atoms with Crippen molar-refractivity contribution >= 4 is 17.1 Å². The molecule has 0 heterocycles. The Balaban J connectivity index is 0.913. The Labute approximate surface area is 423 Å². The Morgan fingerprint density at radius 2 is 0.750 bits per heavy atom. The summed E-state index contributed by atoms with van der Waals surface area (Å²) in [6.45, 7) is 0. The number of anilines is 3. The van der Waals surface area contributed by atoms with Gasteiger partial charge in [0.2, 0.25) is 0 Å². The van der Waals surface area contributed by atoms with Crippen LogP contribution < -0.4 is 4.90 Å². The van der Waals surface area contributed by atoms with Gasteiger partial charge in [-0.15, -0.1) is 0 Å². The summed E-state index contributed by atoms with van der Waals surface area (Å²) in [5, 5.41) is 0. The van der Waals surface area contributed by atoms with Crippen LogP contribution in [0.3, 0.4) is 0 Å². The van der Waals surface area contributed by atoms with Crippen LogP contribution >= 0.6 is 0 Å². The minimum atomic E-state index is -0.441. The molecule has 0 N–H and O–H groups in total. The second-order valence-electron chi connectivity index (χ2n) is 21.9. The van der Waals surface area contributed by atoms with E-state index in [9.17, 15) is 0 Å². The Bertz CT molecular complexity index is 3800. The maximum atomic E-state index is 2.62. The van der Waals surface area contributed by atoms with Crippen LogP contribution in [-0.2, 0) is 10.8 Å². The fourth-order valence-electron chi connectivity index (χ4n) is 16.3. The normalized spacial score (nSPS) is 22.8. The molecule has 7 aliphatic carbocycles. The smallest absolute Gasteiger partial charge is 0.0725 e. The molecule has 1 unspecified atom stereocenters. The average molecular weight is 920 g/mol. The molecule has 1 heteroatoms. The van der Waals surface area contributed by atoms with Crippen molar-refractivity contribution < 1.29 is 0 Å². The summed E-state index contributed by atoms with van der Waals surface area (Å²) in [5.74, 6) is 3.17. The van der Waals surface area contributed by atoms with Crippen molar-refractivity contribution in [3.63, 3.8) is 0 Å². The van der Waals surface area contributed by atoms with E-state index in [-0.39, 0.29) is 5.41 Å². The van der Waals surface area contributed by atoms with Gasteiger partial charge in [-0.3, -0.25) is 0 Å². The van der Waals surface area contributed by atoms with Gasteiger partial charge in [0.1, 0.15) is 0 Å². The highest BCUT2D eigenvalue weighted by atomic mass is 15.1. The SMILES string of the molecule is c1ccc(-c2ccc3c(c2)-c2ccccc2C32c3ccccc3-c3cc(N(c4ccc(-c5ccccc5-c5ccccc5)cc4)c4cccc5c4-c4ccccc4C54C5CC6CC(C5)CC4C6)ccc32)cc1. The van der Waals surface area contributed by atoms with Gasteiger partial charge in [0.15, 0.2) is 0 Å². The van der Waals surface area contributed by atoms with Gasteiger partial charge in [0.25, 0.3) is 0 Å². The summed E-state index contributed by atoms with van der Waals surface area (Å²) in [7, 11) is 0. The molecule has 2 spiro atoms. The molecule has 4 fully saturated rings. The lowest BCUT2D eigenvalue weighted by Crippen LogP contribution is -2.55. The maximum Gasteiger partial charge on any atom is 0.0725 e. The van der Waals surface area contributed by atoms with Gasteiger partial charge in [0, 0.05) is 22.4 Å². The van der Waals surface area contributed by atoms with Crippen molar-refractivity contribution in [2.45, 2.75) is 42.9 Å². The molecule has 0 radical (unpaired) electrons. The number of benzene rings is 10. The predicted octanol–water partition coefficient (Wildman–Crippen LogP) is 18.2. The van der Waals surface area contributed by atoms with Crippen LogP contribution in [-0.4, -0.2) is 0 Å². The number of nitrogens with zero attached hydrogens (tertiary/aromatic N) is 1. The molecule has 4 saturated carbocycles. The van der Waals surface area contributed by atoms with E-state index < -0.39 is 5.41 Å². The fraction of sp³-hybridized carbons (Fsp3) is 0.155. The first-order valence-electron chi connectivity index (χ1n) is 26.5. The zero-order valence-corrected chi connectivity index (χ0v) is 40.3. The quantitative estimate of drug-likeness (QED) is 0.161. The molecule has 1 atom stereocenters. The molecular weight excluding hydrogens is 867 g/mol. The Morgan fingerprint density at radius 1 is 0.292 bits per heavy atom. The third-order valence-corrected chi connectivity index (χ3v) is 18.7. The summed E-state index contributed by atoms with van der Waals surface area (Å²) < 4.78 is 0. The second-order valence-corrected chi connectivity index (χ2v) is 21.9. The number of fused-ring (bicyclic) bond motifs is 13. The highest BCUT2D eigenvalue weighted by Gasteiger charge is 2.62. The Kier molecular flexibility index (Phi) is 8.62. The molecule has 0 amide bonds. The van der Waals surface area contributed by atoms with Crippen molar-refractivity contribution in [3.05, 3.63) is 270 Å². The summed E-state index contributed by atoms with van der Waals surface area (Å²) in [5.41, 5.74) is 27.4. The largest absolute Gasteiger partial charge is 0.310 e. The number of hydrogen-bond donors (Lipinski definition) is 0. The first-order chi connectivity index (χ1) is 35.7. The van der Waals surface area contributed by atoms with E-state index in [2.05, 4.69) is 241 Å². The van der Waals surface area contributed by atoms with Crippen molar-refractivity contribution in [2.24, 2.45) is 23.7 Å². The summed E-state index contributed by atoms with van der Waals surface area (Å²) in [4.78, 5) is 2.62. The van der Waals surface area contributed by atoms with E-state index in [1.165, 1.54) is 138 Å². The van der Waals surface area contributed by atoms with Gasteiger partial charge in [0.05, 0.1) is 11.1 Å². The van der Waals surface area contributed by atoms with E-state index in [1.807, 2.05) is 0 Å². The molecule has 10 aromatic carbocycles. The van der Waals surface area contributed by atoms with Crippen molar-refractivity contribution in [1.29, 1.82) is 0 Å². The Hall–Kier alpha value is -8.00. The number of rotatable bonds is 6. The third kappa shape index (κ3) is 5.44. The number of hydrogen-bond acceptors (Lipinski definition) is 1. The summed E-state index contributed by atoms with van der Waals surface area (Å²) >= 11 is 0. The van der Waals surface area contributed by atoms with E-state index in [4.69, 9.17) is 0 Å². The lowest BCUT2D eigenvalue weighted by molar-refractivity contribution is -0.0399. The average Bonchev–Trinajstić information content (AvgIpc) is 4.04. The van der Waals surface area contributed by atoms with Crippen LogP contribution in [0.1, 0.15) is 65.5 Å². The standard InChI is InChI=1S/C71H53N/c1-3-16-47(17-4-1)50-32-36-65-60(43-50)57-22-9-12-25-62(57)71(65)63-26-13-10-23-58(63)61-44-54(35-37-66(61)71)72(53-33-30-49(31-34-53)56-21-8-7-20-55(56)48-18-5-2-6-19-48)68-29-15-28-67-69(68)59-24-11-14-27-64(59)70(67)51-39-45-38-46(41-51)42-52(70)40-45/h1-37,43-46,51-52H,38-42H2. The zero-order chi connectivity index (χ0) is 47.1. The van der Waals surface area contributed by atoms with Gasteiger partial charge in [-0.1, -0.05) is 200 Å².